The van der Waals surface area contributed by atoms with Gasteiger partial charge in [0.1, 0.15) is 11.4 Å². The molecule has 3 aromatic heterocycles. The fraction of sp³-hybridized carbons (Fsp3) is 0.222. The standard InChI is InChI=1S/C27H27N5O3S/c1-3-35-22-12-10-20(11-13-22)24-18-36-27(31-25(33)21-9-8-19(2)30-17-21)32(24)16-6-15-29-26(34)23-7-4-5-14-28-23/h4-5,7-14,17-18H,3,6,15-16H2,1-2H3,(H,29,34). The third kappa shape index (κ3) is 6.31. The average Bonchev–Trinajstić information content (AvgIpc) is 3.30. The van der Waals surface area contributed by atoms with Crippen LogP contribution < -0.4 is 14.9 Å². The molecule has 8 nitrogen and oxygen atoms in total. The minimum absolute atomic E-state index is 0.218. The number of nitrogens with one attached hydrogen (secondary N) is 1. The Kier molecular flexibility index (Phi) is 8.36. The summed E-state index contributed by atoms with van der Waals surface area (Å²) >= 11 is 1.40. The van der Waals surface area contributed by atoms with Crippen molar-refractivity contribution in [1.29, 1.82) is 0 Å². The molecule has 1 N–H and O–H groups in total. The predicted molar refractivity (Wildman–Crippen MR) is 139 cm³/mol. The predicted octanol–water partition coefficient (Wildman–Crippen LogP) is 4.27. The van der Waals surface area contributed by atoms with E-state index in [1.54, 1.807) is 42.7 Å². The van der Waals surface area contributed by atoms with Gasteiger partial charge in [0.05, 0.1) is 17.9 Å². The van der Waals surface area contributed by atoms with E-state index in [1.165, 1.54) is 11.3 Å². The Morgan fingerprint density at radius 2 is 1.92 bits per heavy atom. The van der Waals surface area contributed by atoms with Crippen molar-refractivity contribution >= 4 is 23.2 Å². The maximum absolute atomic E-state index is 12.8. The molecule has 0 atom stereocenters. The molecule has 0 saturated carbocycles. The summed E-state index contributed by atoms with van der Waals surface area (Å²) < 4.78 is 7.57. The first-order valence-corrected chi connectivity index (χ1v) is 12.6. The van der Waals surface area contributed by atoms with Gasteiger partial charge in [-0.05, 0) is 74.4 Å². The summed E-state index contributed by atoms with van der Waals surface area (Å²) in [4.78, 5) is 38.4. The molecule has 0 aliphatic carbocycles. The zero-order valence-corrected chi connectivity index (χ0v) is 21.0. The fourth-order valence-electron chi connectivity index (χ4n) is 3.53. The molecule has 9 heteroatoms. The Morgan fingerprint density at radius 1 is 1.08 bits per heavy atom. The molecule has 4 aromatic rings. The summed E-state index contributed by atoms with van der Waals surface area (Å²) in [5, 5.41) is 4.89. The highest BCUT2D eigenvalue weighted by Crippen LogP contribution is 2.23. The van der Waals surface area contributed by atoms with Crippen LogP contribution in [0.4, 0.5) is 0 Å². The number of benzene rings is 1. The van der Waals surface area contributed by atoms with Gasteiger partial charge in [0.25, 0.3) is 11.8 Å². The molecule has 0 aliphatic heterocycles. The third-order valence-corrected chi connectivity index (χ3v) is 6.22. The topological polar surface area (TPSA) is 98.5 Å². The van der Waals surface area contributed by atoms with Gasteiger partial charge in [-0.2, -0.15) is 4.99 Å². The van der Waals surface area contributed by atoms with Crippen LogP contribution in [0.1, 0.15) is 39.9 Å². The number of carbonyl (C=O) groups excluding carboxylic acids is 2. The molecule has 1 aromatic carbocycles. The Morgan fingerprint density at radius 3 is 2.61 bits per heavy atom. The van der Waals surface area contributed by atoms with Gasteiger partial charge in [0.2, 0.25) is 0 Å². The van der Waals surface area contributed by atoms with Crippen molar-refractivity contribution in [2.45, 2.75) is 26.8 Å². The normalized spacial score (nSPS) is 11.3. The summed E-state index contributed by atoms with van der Waals surface area (Å²) in [7, 11) is 0. The summed E-state index contributed by atoms with van der Waals surface area (Å²) in [6, 6.07) is 16.6. The van der Waals surface area contributed by atoms with Crippen LogP contribution in [-0.2, 0) is 6.54 Å². The number of carbonyl (C=O) groups is 2. The summed E-state index contributed by atoms with van der Waals surface area (Å²) in [6.45, 7) is 5.43. The van der Waals surface area contributed by atoms with Crippen molar-refractivity contribution < 1.29 is 14.3 Å². The lowest BCUT2D eigenvalue weighted by atomic mass is 10.1. The molecule has 0 spiro atoms. The van der Waals surface area contributed by atoms with Crippen molar-refractivity contribution in [3.63, 3.8) is 0 Å². The van der Waals surface area contributed by atoms with Crippen LogP contribution in [0.5, 0.6) is 5.75 Å². The number of aromatic nitrogens is 3. The number of rotatable bonds is 9. The maximum Gasteiger partial charge on any atom is 0.281 e. The van der Waals surface area contributed by atoms with Crippen LogP contribution in [0.25, 0.3) is 11.3 Å². The van der Waals surface area contributed by atoms with Gasteiger partial charge in [-0.15, -0.1) is 11.3 Å². The molecule has 2 amide bonds. The van der Waals surface area contributed by atoms with Gasteiger partial charge in [-0.25, -0.2) is 0 Å². The lowest BCUT2D eigenvalue weighted by Gasteiger charge is -2.11. The van der Waals surface area contributed by atoms with E-state index < -0.39 is 0 Å². The van der Waals surface area contributed by atoms with E-state index in [0.29, 0.717) is 42.2 Å². The van der Waals surface area contributed by atoms with Crippen molar-refractivity contribution in [2.75, 3.05) is 13.2 Å². The largest absolute Gasteiger partial charge is 0.494 e. The Balaban J connectivity index is 1.56. The van der Waals surface area contributed by atoms with E-state index >= 15 is 0 Å². The molecule has 0 radical (unpaired) electrons. The summed E-state index contributed by atoms with van der Waals surface area (Å²) in [5.41, 5.74) is 3.57. The highest BCUT2D eigenvalue weighted by Gasteiger charge is 2.12. The number of ether oxygens (including phenoxy) is 1. The highest BCUT2D eigenvalue weighted by atomic mass is 32.1. The molecule has 0 saturated heterocycles. The van der Waals surface area contributed by atoms with Crippen LogP contribution in [0.3, 0.4) is 0 Å². The second-order valence-electron chi connectivity index (χ2n) is 7.94. The SMILES string of the molecule is CCOc1ccc(-c2csc(=NC(=O)c3ccc(C)nc3)n2CCCNC(=O)c2ccccn2)cc1. The Hall–Kier alpha value is -4.11. The number of nitrogens with zero attached hydrogens (tertiary/aromatic N) is 4. The van der Waals surface area contributed by atoms with E-state index in [2.05, 4.69) is 20.3 Å². The molecule has 0 unspecified atom stereocenters. The third-order valence-electron chi connectivity index (χ3n) is 5.36. The molecule has 36 heavy (non-hydrogen) atoms. The second kappa shape index (κ2) is 12.0. The summed E-state index contributed by atoms with van der Waals surface area (Å²) in [5.74, 6) is 0.233. The van der Waals surface area contributed by atoms with E-state index in [0.717, 1.165) is 22.7 Å². The van der Waals surface area contributed by atoms with Gasteiger partial charge < -0.3 is 14.6 Å². The van der Waals surface area contributed by atoms with Crippen molar-refractivity contribution in [2.24, 2.45) is 4.99 Å². The van der Waals surface area contributed by atoms with Gasteiger partial charge in [-0.1, -0.05) is 6.07 Å². The van der Waals surface area contributed by atoms with E-state index in [9.17, 15) is 9.59 Å². The molecular weight excluding hydrogens is 474 g/mol. The van der Waals surface area contributed by atoms with Gasteiger partial charge in [0, 0.05) is 36.6 Å². The van der Waals surface area contributed by atoms with Crippen LogP contribution in [0.2, 0.25) is 0 Å². The quantitative estimate of drug-likeness (QED) is 0.345. The summed E-state index contributed by atoms with van der Waals surface area (Å²) in [6.07, 6.45) is 3.78. The van der Waals surface area contributed by atoms with Crippen molar-refractivity contribution in [3.8, 4) is 17.0 Å². The van der Waals surface area contributed by atoms with Crippen molar-refractivity contribution in [3.05, 3.63) is 94.1 Å². The van der Waals surface area contributed by atoms with Gasteiger partial charge in [0.15, 0.2) is 4.80 Å². The average molecular weight is 502 g/mol. The molecule has 0 bridgehead atoms. The fourth-order valence-corrected chi connectivity index (χ4v) is 4.46. The van der Waals surface area contributed by atoms with Crippen molar-refractivity contribution in [1.82, 2.24) is 19.9 Å². The molecule has 4 rings (SSSR count). The first-order valence-electron chi connectivity index (χ1n) is 11.7. The van der Waals surface area contributed by atoms with Gasteiger partial charge >= 0.3 is 0 Å². The smallest absolute Gasteiger partial charge is 0.281 e. The van der Waals surface area contributed by atoms with Crippen LogP contribution in [-0.4, -0.2) is 39.5 Å². The monoisotopic (exact) mass is 501 g/mol. The lowest BCUT2D eigenvalue weighted by molar-refractivity contribution is 0.0947. The zero-order valence-electron chi connectivity index (χ0n) is 20.2. The van der Waals surface area contributed by atoms with Crippen LogP contribution in [0, 0.1) is 6.92 Å². The Bertz CT molecular complexity index is 1380. The zero-order chi connectivity index (χ0) is 25.3. The number of aryl methyl sites for hydroxylation is 1. The van der Waals surface area contributed by atoms with Crippen LogP contribution in [0.15, 0.2) is 77.4 Å². The number of amides is 2. The highest BCUT2D eigenvalue weighted by molar-refractivity contribution is 7.07. The minimum Gasteiger partial charge on any atom is -0.494 e. The van der Waals surface area contributed by atoms with E-state index in [1.807, 2.05) is 48.1 Å². The number of pyridine rings is 2. The number of thiazole rings is 1. The molecule has 0 aliphatic rings. The molecule has 3 heterocycles. The lowest BCUT2D eigenvalue weighted by Crippen LogP contribution is -2.27. The Labute approximate surface area is 213 Å². The number of hydrogen-bond donors (Lipinski definition) is 1. The van der Waals surface area contributed by atoms with Gasteiger partial charge in [-0.3, -0.25) is 19.6 Å². The second-order valence-corrected chi connectivity index (χ2v) is 8.78. The van der Waals surface area contributed by atoms with E-state index in [4.69, 9.17) is 4.74 Å². The molecule has 0 fully saturated rings. The molecule has 184 valence electrons. The number of hydrogen-bond acceptors (Lipinski definition) is 6. The van der Waals surface area contributed by atoms with Crippen LogP contribution >= 0.6 is 11.3 Å². The first-order chi connectivity index (χ1) is 17.5. The van der Waals surface area contributed by atoms with E-state index in [-0.39, 0.29) is 11.8 Å². The maximum atomic E-state index is 12.8. The molecular formula is C27H27N5O3S. The minimum atomic E-state index is -0.347. The first kappa shape index (κ1) is 25.0.